The molecule has 1 aliphatic carbocycles. The fourth-order valence-corrected chi connectivity index (χ4v) is 6.22. The molecular weight excluding hydrogens is 516 g/mol. The van der Waals surface area contributed by atoms with E-state index < -0.39 is 23.9 Å². The molecule has 0 aromatic heterocycles. The minimum absolute atomic E-state index is 0.195. The predicted molar refractivity (Wildman–Crippen MR) is 161 cm³/mol. The Kier molecular flexibility index (Phi) is 8.38. The summed E-state index contributed by atoms with van der Waals surface area (Å²) in [6.45, 7) is 3.50. The minimum Gasteiger partial charge on any atom is -0.507 e. The summed E-state index contributed by atoms with van der Waals surface area (Å²) in [6, 6.07) is 24.0. The van der Waals surface area contributed by atoms with E-state index in [-0.39, 0.29) is 24.2 Å². The Bertz CT molecular complexity index is 1480. The third-order valence-electron chi connectivity index (χ3n) is 8.22. The molecule has 0 saturated carbocycles. The molecule has 4 N–H and O–H groups in total. The molecule has 2 amide bonds. The number of phenols is 1. The Morgan fingerprint density at radius 3 is 2.32 bits per heavy atom. The summed E-state index contributed by atoms with van der Waals surface area (Å²) in [6.07, 6.45) is 2.37. The predicted octanol–water partition coefficient (Wildman–Crippen LogP) is 5.81. The first-order valence-electron chi connectivity index (χ1n) is 14.0. The molecule has 7 nitrogen and oxygen atoms in total. The lowest BCUT2D eigenvalue weighted by atomic mass is 9.68. The van der Waals surface area contributed by atoms with E-state index in [1.807, 2.05) is 74.5 Å². The van der Waals surface area contributed by atoms with Crippen molar-refractivity contribution in [1.29, 1.82) is 0 Å². The van der Waals surface area contributed by atoms with Crippen LogP contribution >= 0.6 is 0 Å². The number of aliphatic hydroxyl groups excluding tert-OH is 2. The van der Waals surface area contributed by atoms with Crippen LogP contribution in [-0.4, -0.2) is 39.8 Å². The summed E-state index contributed by atoms with van der Waals surface area (Å²) < 4.78 is 0. The zero-order valence-electron chi connectivity index (χ0n) is 23.3. The molecule has 0 spiro atoms. The number of nitrogens with zero attached hydrogens (tertiary/aromatic N) is 1. The number of hydrogen-bond acceptors (Lipinski definition) is 6. The highest BCUT2D eigenvalue weighted by Gasteiger charge is 2.54. The van der Waals surface area contributed by atoms with Crippen molar-refractivity contribution >= 4 is 35.0 Å². The summed E-state index contributed by atoms with van der Waals surface area (Å²) >= 11 is 0. The van der Waals surface area contributed by atoms with Crippen molar-refractivity contribution in [3.63, 3.8) is 0 Å². The van der Waals surface area contributed by atoms with E-state index in [4.69, 9.17) is 0 Å². The number of phenolic OH excluding ortho intramolecular Hbond substituents is 1. The van der Waals surface area contributed by atoms with Gasteiger partial charge in [0, 0.05) is 22.9 Å². The Labute approximate surface area is 240 Å². The van der Waals surface area contributed by atoms with Gasteiger partial charge in [0.2, 0.25) is 11.8 Å². The van der Waals surface area contributed by atoms with E-state index in [1.54, 1.807) is 24.3 Å². The average Bonchev–Trinajstić information content (AvgIpc) is 3.22. The Morgan fingerprint density at radius 2 is 1.63 bits per heavy atom. The number of aromatic hydroxyl groups is 1. The third-order valence-corrected chi connectivity index (χ3v) is 8.22. The van der Waals surface area contributed by atoms with Crippen LogP contribution in [0, 0.1) is 17.8 Å². The lowest BCUT2D eigenvalue weighted by Gasteiger charge is -2.35. The van der Waals surface area contributed by atoms with Crippen LogP contribution < -0.4 is 10.2 Å². The van der Waals surface area contributed by atoms with Crippen molar-refractivity contribution in [3.05, 3.63) is 101 Å². The largest absolute Gasteiger partial charge is 0.507 e. The number of hydrogen-bond donors (Lipinski definition) is 4. The minimum atomic E-state index is -0.860. The first kappa shape index (κ1) is 28.3. The van der Waals surface area contributed by atoms with Gasteiger partial charge in [0.25, 0.3) is 0 Å². The molecule has 41 heavy (non-hydrogen) atoms. The molecule has 3 aromatic rings. The number of nitrogens with one attached hydrogen (secondary N) is 1. The molecule has 2 aliphatic rings. The molecule has 1 fully saturated rings. The van der Waals surface area contributed by atoms with E-state index in [0.717, 1.165) is 22.5 Å². The van der Waals surface area contributed by atoms with Crippen LogP contribution in [0.3, 0.4) is 0 Å². The van der Waals surface area contributed by atoms with E-state index in [2.05, 4.69) is 5.32 Å². The molecule has 1 heterocycles. The summed E-state index contributed by atoms with van der Waals surface area (Å²) in [7, 11) is 0. The van der Waals surface area contributed by atoms with E-state index >= 15 is 0 Å². The number of benzene rings is 3. The maximum atomic E-state index is 13.7. The summed E-state index contributed by atoms with van der Waals surface area (Å²) in [5.74, 6) is -2.33. The smallest absolute Gasteiger partial charge is 0.238 e. The molecule has 7 heteroatoms. The normalized spacial score (nSPS) is 21.7. The van der Waals surface area contributed by atoms with Gasteiger partial charge in [-0.3, -0.25) is 14.5 Å². The van der Waals surface area contributed by atoms with Gasteiger partial charge in [-0.1, -0.05) is 53.6 Å². The Morgan fingerprint density at radius 1 is 0.976 bits per heavy atom. The summed E-state index contributed by atoms with van der Waals surface area (Å²) in [5.41, 5.74) is 5.47. The Hall–Kier alpha value is -4.20. The molecule has 1 saturated heterocycles. The van der Waals surface area contributed by atoms with Crippen LogP contribution in [0.5, 0.6) is 5.75 Å². The summed E-state index contributed by atoms with van der Waals surface area (Å²) in [4.78, 5) is 28.5. The highest BCUT2D eigenvalue weighted by molar-refractivity contribution is 6.22. The lowest BCUT2D eigenvalue weighted by molar-refractivity contribution is -0.123. The van der Waals surface area contributed by atoms with Gasteiger partial charge >= 0.3 is 0 Å². The van der Waals surface area contributed by atoms with Gasteiger partial charge in [-0.15, -0.1) is 0 Å². The molecular formula is C34H36N2O5. The van der Waals surface area contributed by atoms with Gasteiger partial charge in [-0.05, 0) is 81.1 Å². The molecule has 0 unspecified atom stereocenters. The highest BCUT2D eigenvalue weighted by Crippen LogP contribution is 2.47. The number of fused-ring (bicyclic) bond motifs is 1. The lowest BCUT2D eigenvalue weighted by Crippen LogP contribution is -2.38. The monoisotopic (exact) mass is 552 g/mol. The molecule has 4 atom stereocenters. The van der Waals surface area contributed by atoms with Gasteiger partial charge in [-0.25, -0.2) is 0 Å². The zero-order valence-corrected chi connectivity index (χ0v) is 23.3. The quantitative estimate of drug-likeness (QED) is 0.197. The number of para-hydroxylation sites is 2. The van der Waals surface area contributed by atoms with Crippen molar-refractivity contribution in [2.24, 2.45) is 17.8 Å². The molecule has 0 bridgehead atoms. The van der Waals surface area contributed by atoms with Crippen LogP contribution in [0.25, 0.3) is 6.08 Å². The molecule has 1 aliphatic heterocycles. The number of aliphatic hydroxyl groups is 2. The van der Waals surface area contributed by atoms with E-state index in [9.17, 15) is 24.9 Å². The molecule has 212 valence electrons. The number of amides is 2. The maximum absolute atomic E-state index is 13.7. The number of imide groups is 1. The number of allylic oxidation sites excluding steroid dienone is 2. The third kappa shape index (κ3) is 5.82. The Balaban J connectivity index is 1.31. The number of rotatable bonds is 9. The average molecular weight is 553 g/mol. The van der Waals surface area contributed by atoms with Crippen molar-refractivity contribution in [2.75, 3.05) is 16.8 Å². The molecule has 0 radical (unpaired) electrons. The van der Waals surface area contributed by atoms with Gasteiger partial charge in [0.1, 0.15) is 5.75 Å². The van der Waals surface area contributed by atoms with Crippen LogP contribution in [0.1, 0.15) is 38.7 Å². The van der Waals surface area contributed by atoms with Crippen LogP contribution in [0.4, 0.5) is 17.1 Å². The number of carbonyl (C=O) groups is 2. The molecule has 5 rings (SSSR count). The first-order chi connectivity index (χ1) is 19.8. The van der Waals surface area contributed by atoms with Crippen LogP contribution in [0.2, 0.25) is 0 Å². The van der Waals surface area contributed by atoms with Crippen LogP contribution in [0.15, 0.2) is 95.6 Å². The first-order valence-corrected chi connectivity index (χ1v) is 14.0. The van der Waals surface area contributed by atoms with Crippen molar-refractivity contribution < 1.29 is 24.9 Å². The fourth-order valence-electron chi connectivity index (χ4n) is 6.22. The van der Waals surface area contributed by atoms with E-state index in [0.29, 0.717) is 36.1 Å². The highest BCUT2D eigenvalue weighted by atomic mass is 16.3. The second-order valence-corrected chi connectivity index (χ2v) is 11.0. The van der Waals surface area contributed by atoms with Gasteiger partial charge in [0.05, 0.1) is 30.2 Å². The number of carbonyl (C=O) groups excluding carboxylic acids is 2. The second-order valence-electron chi connectivity index (χ2n) is 11.0. The van der Waals surface area contributed by atoms with Crippen molar-refractivity contribution in [1.82, 2.24) is 0 Å². The van der Waals surface area contributed by atoms with Crippen molar-refractivity contribution in [2.45, 2.75) is 39.2 Å². The zero-order chi connectivity index (χ0) is 29.1. The van der Waals surface area contributed by atoms with Crippen LogP contribution in [-0.2, 0) is 9.59 Å². The van der Waals surface area contributed by atoms with Gasteiger partial charge in [-0.2, -0.15) is 0 Å². The van der Waals surface area contributed by atoms with E-state index in [1.165, 1.54) is 4.90 Å². The fraction of sp³-hybridized carbons (Fsp3) is 0.294. The topological polar surface area (TPSA) is 110 Å². The van der Waals surface area contributed by atoms with Gasteiger partial charge < -0.3 is 20.6 Å². The summed E-state index contributed by atoms with van der Waals surface area (Å²) in [5, 5.41) is 35.1. The van der Waals surface area contributed by atoms with Gasteiger partial charge in [0.15, 0.2) is 0 Å². The maximum Gasteiger partial charge on any atom is 0.238 e. The molecule has 3 aromatic carbocycles. The number of anilines is 3. The SMILES string of the molecule is CC1=C([C@H](O)CC/C(C)=C/c2ccccc2O)[C@H](CO)[C@@H]2C(=O)N(c3ccc(Nc4ccccc4)cc3)C(=O)[C@@H]2C1. The second kappa shape index (κ2) is 12.1. The standard InChI is InChI=1S/C34H36N2O5/c1-21(18-23-8-6-7-11-29(23)38)12-17-30(39)31-22(2)19-27-32(28(31)20-37)34(41)36(33(27)40)26-15-13-25(14-16-26)35-24-9-4-3-5-10-24/h3-11,13-16,18,27-28,30,32,35,37-39H,12,17,19-20H2,1-2H3/b21-18+/t27-,28+,30-,32-/m1/s1. The van der Waals surface area contributed by atoms with Crippen molar-refractivity contribution in [3.8, 4) is 5.75 Å².